The van der Waals surface area contributed by atoms with Crippen molar-refractivity contribution < 1.29 is 18.7 Å². The van der Waals surface area contributed by atoms with E-state index in [4.69, 9.17) is 25.5 Å². The molecule has 2 aromatic heterocycles. The second kappa shape index (κ2) is 10.0. The first-order chi connectivity index (χ1) is 16.4. The van der Waals surface area contributed by atoms with Crippen molar-refractivity contribution in [3.8, 4) is 22.6 Å². The second-order valence-corrected chi connectivity index (χ2v) is 8.08. The van der Waals surface area contributed by atoms with Gasteiger partial charge < -0.3 is 19.2 Å². The molecule has 4 aromatic rings. The van der Waals surface area contributed by atoms with E-state index in [0.29, 0.717) is 18.0 Å². The summed E-state index contributed by atoms with van der Waals surface area (Å²) in [5.41, 5.74) is 5.58. The molecule has 0 fully saturated rings. The Bertz CT molecular complexity index is 1370. The van der Waals surface area contributed by atoms with Crippen molar-refractivity contribution in [3.63, 3.8) is 0 Å². The molecule has 2 heterocycles. The minimum absolute atomic E-state index is 0.233. The van der Waals surface area contributed by atoms with Gasteiger partial charge in [0.25, 0.3) is 0 Å². The zero-order valence-electron chi connectivity index (χ0n) is 19.4. The van der Waals surface area contributed by atoms with Gasteiger partial charge in [0.15, 0.2) is 5.15 Å². The molecule has 4 rings (SSSR count). The van der Waals surface area contributed by atoms with Gasteiger partial charge in [0.05, 0.1) is 25.7 Å². The van der Waals surface area contributed by atoms with E-state index in [2.05, 4.69) is 10.3 Å². The van der Waals surface area contributed by atoms with E-state index in [1.54, 1.807) is 31.7 Å². The minimum Gasteiger partial charge on any atom is -0.497 e. The number of anilines is 1. The van der Waals surface area contributed by atoms with Crippen LogP contribution >= 0.6 is 11.6 Å². The van der Waals surface area contributed by atoms with E-state index in [1.807, 2.05) is 51.1 Å². The summed E-state index contributed by atoms with van der Waals surface area (Å²) < 4.78 is 17.2. The van der Waals surface area contributed by atoms with Crippen LogP contribution in [-0.4, -0.2) is 24.6 Å². The summed E-state index contributed by atoms with van der Waals surface area (Å²) in [4.78, 5) is 16.7. The van der Waals surface area contributed by atoms with Crippen molar-refractivity contribution in [3.05, 3.63) is 77.3 Å². The maximum atomic E-state index is 12.7. The lowest BCUT2D eigenvalue weighted by molar-refractivity contribution is -0.111. The van der Waals surface area contributed by atoms with Crippen LogP contribution in [0, 0.1) is 6.92 Å². The normalized spacial score (nSPS) is 11.5. The number of carbonyl (C=O) groups is 1. The fourth-order valence-electron chi connectivity index (χ4n) is 3.86. The van der Waals surface area contributed by atoms with Crippen LogP contribution in [0.4, 0.5) is 5.69 Å². The molecule has 0 unspecified atom stereocenters. The van der Waals surface area contributed by atoms with Crippen LogP contribution in [0.1, 0.15) is 25.0 Å². The topological polar surface area (TPSA) is 73.6 Å². The van der Waals surface area contributed by atoms with Gasteiger partial charge in [-0.15, -0.1) is 0 Å². The fraction of sp³-hybridized carbons (Fsp3) is 0.185. The van der Waals surface area contributed by atoms with E-state index in [9.17, 15) is 4.79 Å². The standard InChI is InChI=1S/C27H25ClN2O4/c1-5-33-25-17(3)26-21(22(15-34-26)18-8-10-19(32-4)11-9-18)14-20(25)16(2)13-24(31)30-23-7-6-12-29-27(23)28/h6-15H,5H2,1-4H3,(H,30,31)/b16-13+. The van der Waals surface area contributed by atoms with E-state index < -0.39 is 0 Å². The number of hydrogen-bond acceptors (Lipinski definition) is 5. The third-order valence-corrected chi connectivity index (χ3v) is 5.82. The summed E-state index contributed by atoms with van der Waals surface area (Å²) in [6, 6.07) is 13.2. The van der Waals surface area contributed by atoms with Gasteiger partial charge in [-0.1, -0.05) is 23.7 Å². The Morgan fingerprint density at radius 1 is 1.24 bits per heavy atom. The van der Waals surface area contributed by atoms with Gasteiger partial charge in [-0.2, -0.15) is 0 Å². The molecule has 34 heavy (non-hydrogen) atoms. The van der Waals surface area contributed by atoms with Crippen molar-refractivity contribution in [1.82, 2.24) is 4.98 Å². The SMILES string of the molecule is CCOc1c(/C(C)=C/C(=O)Nc2cccnc2Cl)cc2c(-c3ccc(OC)cc3)coc2c1C. The predicted octanol–water partition coefficient (Wildman–Crippen LogP) is 6.91. The second-order valence-electron chi connectivity index (χ2n) is 7.72. The molecular weight excluding hydrogens is 452 g/mol. The van der Waals surface area contributed by atoms with E-state index in [1.165, 1.54) is 6.08 Å². The number of allylic oxidation sites excluding steroid dienone is 1. The molecule has 0 radical (unpaired) electrons. The highest BCUT2D eigenvalue weighted by Gasteiger charge is 2.19. The molecule has 0 aliphatic rings. The highest BCUT2D eigenvalue weighted by atomic mass is 35.5. The number of pyridine rings is 1. The first kappa shape index (κ1) is 23.4. The van der Waals surface area contributed by atoms with Gasteiger partial charge in [-0.3, -0.25) is 4.79 Å². The highest BCUT2D eigenvalue weighted by molar-refractivity contribution is 6.32. The van der Waals surface area contributed by atoms with Crippen molar-refractivity contribution in [2.24, 2.45) is 0 Å². The minimum atomic E-state index is -0.310. The lowest BCUT2D eigenvalue weighted by Crippen LogP contribution is -2.09. The Hall–Kier alpha value is -3.77. The fourth-order valence-corrected chi connectivity index (χ4v) is 4.02. The number of ether oxygens (including phenoxy) is 2. The molecular formula is C27H25ClN2O4. The number of aromatic nitrogens is 1. The molecule has 0 aliphatic heterocycles. The monoisotopic (exact) mass is 476 g/mol. The number of benzene rings is 2. The van der Waals surface area contributed by atoms with E-state index in [0.717, 1.165) is 44.5 Å². The third-order valence-electron chi connectivity index (χ3n) is 5.52. The van der Waals surface area contributed by atoms with Crippen molar-refractivity contribution in [2.45, 2.75) is 20.8 Å². The van der Waals surface area contributed by atoms with Gasteiger partial charge in [0, 0.05) is 34.3 Å². The molecule has 0 bridgehead atoms. The van der Waals surface area contributed by atoms with Gasteiger partial charge in [-0.25, -0.2) is 4.98 Å². The van der Waals surface area contributed by atoms with Crippen molar-refractivity contribution >= 4 is 39.7 Å². The van der Waals surface area contributed by atoms with Gasteiger partial charge >= 0.3 is 0 Å². The molecule has 1 N–H and O–H groups in total. The van der Waals surface area contributed by atoms with Crippen LogP contribution < -0.4 is 14.8 Å². The molecule has 2 aromatic carbocycles. The summed E-state index contributed by atoms with van der Waals surface area (Å²) >= 11 is 6.07. The molecule has 0 aliphatic carbocycles. The number of aryl methyl sites for hydroxylation is 1. The van der Waals surface area contributed by atoms with Gasteiger partial charge in [0.2, 0.25) is 5.91 Å². The lowest BCUT2D eigenvalue weighted by atomic mass is 9.96. The molecule has 7 heteroatoms. The van der Waals surface area contributed by atoms with Crippen LogP contribution in [0.3, 0.4) is 0 Å². The van der Waals surface area contributed by atoms with Crippen LogP contribution in [0.5, 0.6) is 11.5 Å². The van der Waals surface area contributed by atoms with Crippen LogP contribution in [0.15, 0.2) is 65.4 Å². The largest absolute Gasteiger partial charge is 0.497 e. The Morgan fingerprint density at radius 3 is 2.68 bits per heavy atom. The average Bonchev–Trinajstić information content (AvgIpc) is 3.26. The molecule has 0 saturated carbocycles. The third kappa shape index (κ3) is 4.63. The lowest BCUT2D eigenvalue weighted by Gasteiger charge is -2.15. The van der Waals surface area contributed by atoms with Gasteiger partial charge in [-0.05, 0) is 62.2 Å². The van der Waals surface area contributed by atoms with Gasteiger partial charge in [0.1, 0.15) is 17.1 Å². The maximum Gasteiger partial charge on any atom is 0.248 e. The summed E-state index contributed by atoms with van der Waals surface area (Å²) in [6.07, 6.45) is 4.84. The zero-order valence-corrected chi connectivity index (χ0v) is 20.2. The van der Waals surface area contributed by atoms with Crippen LogP contribution in [0.25, 0.3) is 27.7 Å². The first-order valence-corrected chi connectivity index (χ1v) is 11.2. The number of nitrogens with one attached hydrogen (secondary N) is 1. The number of furan rings is 1. The Labute approximate surface area is 203 Å². The Morgan fingerprint density at radius 2 is 2.00 bits per heavy atom. The number of hydrogen-bond donors (Lipinski definition) is 1. The zero-order chi connectivity index (χ0) is 24.2. The molecule has 0 saturated heterocycles. The number of fused-ring (bicyclic) bond motifs is 1. The Balaban J connectivity index is 1.78. The molecule has 0 spiro atoms. The molecule has 6 nitrogen and oxygen atoms in total. The summed E-state index contributed by atoms with van der Waals surface area (Å²) in [7, 11) is 1.64. The molecule has 0 atom stereocenters. The number of rotatable bonds is 7. The molecule has 174 valence electrons. The van der Waals surface area contributed by atoms with E-state index in [-0.39, 0.29) is 11.1 Å². The predicted molar refractivity (Wildman–Crippen MR) is 136 cm³/mol. The molecule has 1 amide bonds. The first-order valence-electron chi connectivity index (χ1n) is 10.8. The highest BCUT2D eigenvalue weighted by Crippen LogP contribution is 2.41. The summed E-state index contributed by atoms with van der Waals surface area (Å²) in [5, 5.41) is 3.94. The number of methoxy groups -OCH3 is 1. The number of carbonyl (C=O) groups excluding carboxylic acids is 1. The van der Waals surface area contributed by atoms with Crippen molar-refractivity contribution in [2.75, 3.05) is 19.0 Å². The quantitative estimate of drug-likeness (QED) is 0.232. The number of nitrogens with zero attached hydrogens (tertiary/aromatic N) is 1. The summed E-state index contributed by atoms with van der Waals surface area (Å²) in [6.45, 7) is 6.24. The van der Waals surface area contributed by atoms with Crippen molar-refractivity contribution in [1.29, 1.82) is 0 Å². The van der Waals surface area contributed by atoms with Crippen LogP contribution in [0.2, 0.25) is 5.15 Å². The number of halogens is 1. The smallest absolute Gasteiger partial charge is 0.248 e. The average molecular weight is 477 g/mol. The number of amides is 1. The maximum absolute atomic E-state index is 12.7. The summed E-state index contributed by atoms with van der Waals surface area (Å²) in [5.74, 6) is 1.16. The van der Waals surface area contributed by atoms with Crippen LogP contribution in [-0.2, 0) is 4.79 Å². The Kier molecular flexibility index (Phi) is 6.89. The van der Waals surface area contributed by atoms with E-state index >= 15 is 0 Å².